The zero-order valence-electron chi connectivity index (χ0n) is 20.4. The largest absolute Gasteiger partial charge is 0.497 e. The van der Waals surface area contributed by atoms with Crippen LogP contribution in [0.3, 0.4) is 0 Å². The Kier molecular flexibility index (Phi) is 8.24. The first-order chi connectivity index (χ1) is 16.7. The number of rotatable bonds is 10. The van der Waals surface area contributed by atoms with Crippen LogP contribution in [0, 0.1) is 6.92 Å². The van der Waals surface area contributed by atoms with E-state index >= 15 is 0 Å². The average molecular weight is 499 g/mol. The zero-order valence-corrected chi connectivity index (χ0v) is 21.3. The standard InChI is InChI=1S/C26H30N2O6S/c1-18-9-12-23(13-10-18)35(30,31)28(21-7-6-8-22(16-21)32-3)17-26(29)27-19(2)20-11-14-24(33-4)25(15-20)34-5/h6-16,19H,17H2,1-5H3,(H,27,29)/t19-/m0/s1. The van der Waals surface area contributed by atoms with E-state index in [4.69, 9.17) is 14.2 Å². The minimum Gasteiger partial charge on any atom is -0.497 e. The van der Waals surface area contributed by atoms with Crippen molar-refractivity contribution in [2.75, 3.05) is 32.2 Å². The van der Waals surface area contributed by atoms with E-state index in [1.54, 1.807) is 55.6 Å². The summed E-state index contributed by atoms with van der Waals surface area (Å²) >= 11 is 0. The fourth-order valence-corrected chi connectivity index (χ4v) is 4.95. The molecule has 3 aromatic rings. The summed E-state index contributed by atoms with van der Waals surface area (Å²) in [6.45, 7) is 3.27. The Balaban J connectivity index is 1.90. The lowest BCUT2D eigenvalue weighted by atomic mass is 10.1. The van der Waals surface area contributed by atoms with Crippen LogP contribution in [0.1, 0.15) is 24.1 Å². The topological polar surface area (TPSA) is 94.2 Å². The van der Waals surface area contributed by atoms with Crippen molar-refractivity contribution in [2.24, 2.45) is 0 Å². The van der Waals surface area contributed by atoms with Crippen LogP contribution in [0.25, 0.3) is 0 Å². The summed E-state index contributed by atoms with van der Waals surface area (Å²) < 4.78 is 44.1. The molecule has 3 aromatic carbocycles. The Morgan fingerprint density at radius 3 is 2.23 bits per heavy atom. The fraction of sp³-hybridized carbons (Fsp3) is 0.269. The number of methoxy groups -OCH3 is 3. The van der Waals surface area contributed by atoms with Gasteiger partial charge in [-0.2, -0.15) is 0 Å². The molecule has 1 N–H and O–H groups in total. The number of sulfonamides is 1. The van der Waals surface area contributed by atoms with Crippen molar-refractivity contribution in [3.05, 3.63) is 77.9 Å². The smallest absolute Gasteiger partial charge is 0.264 e. The van der Waals surface area contributed by atoms with E-state index in [1.807, 2.05) is 19.9 Å². The van der Waals surface area contributed by atoms with Gasteiger partial charge in [0.2, 0.25) is 5.91 Å². The van der Waals surface area contributed by atoms with Crippen LogP contribution < -0.4 is 23.8 Å². The van der Waals surface area contributed by atoms with Crippen molar-refractivity contribution >= 4 is 21.6 Å². The number of ether oxygens (including phenoxy) is 3. The lowest BCUT2D eigenvalue weighted by Gasteiger charge is -2.25. The van der Waals surface area contributed by atoms with Crippen LogP contribution in [-0.2, 0) is 14.8 Å². The molecule has 0 unspecified atom stereocenters. The molecular weight excluding hydrogens is 468 g/mol. The van der Waals surface area contributed by atoms with Crippen LogP contribution >= 0.6 is 0 Å². The number of nitrogens with zero attached hydrogens (tertiary/aromatic N) is 1. The van der Waals surface area contributed by atoms with E-state index in [-0.39, 0.29) is 4.90 Å². The molecule has 0 aliphatic rings. The zero-order chi connectivity index (χ0) is 25.6. The molecule has 0 spiro atoms. The number of benzene rings is 3. The van der Waals surface area contributed by atoms with Crippen molar-refractivity contribution in [2.45, 2.75) is 24.8 Å². The minimum absolute atomic E-state index is 0.0895. The van der Waals surface area contributed by atoms with Crippen LogP contribution in [0.4, 0.5) is 5.69 Å². The Morgan fingerprint density at radius 2 is 1.60 bits per heavy atom. The summed E-state index contributed by atoms with van der Waals surface area (Å²) in [5.74, 6) is 1.12. The highest BCUT2D eigenvalue weighted by Crippen LogP contribution is 2.30. The van der Waals surface area contributed by atoms with E-state index in [2.05, 4.69) is 5.32 Å². The van der Waals surface area contributed by atoms with Gasteiger partial charge in [-0.05, 0) is 55.8 Å². The highest BCUT2D eigenvalue weighted by Gasteiger charge is 2.28. The van der Waals surface area contributed by atoms with Gasteiger partial charge in [0.15, 0.2) is 11.5 Å². The van der Waals surface area contributed by atoms with Crippen LogP contribution in [0.15, 0.2) is 71.6 Å². The maximum atomic E-state index is 13.6. The van der Waals surface area contributed by atoms with Crippen LogP contribution in [0.2, 0.25) is 0 Å². The first-order valence-electron chi connectivity index (χ1n) is 10.9. The lowest BCUT2D eigenvalue weighted by molar-refractivity contribution is -0.120. The minimum atomic E-state index is -4.03. The van der Waals surface area contributed by atoms with E-state index in [1.165, 1.54) is 26.4 Å². The molecule has 0 bridgehead atoms. The number of amides is 1. The van der Waals surface area contributed by atoms with Gasteiger partial charge in [-0.1, -0.05) is 29.8 Å². The molecular formula is C26H30N2O6S. The summed E-state index contributed by atoms with van der Waals surface area (Å²) in [6.07, 6.45) is 0. The van der Waals surface area contributed by atoms with Crippen molar-refractivity contribution < 1.29 is 27.4 Å². The Morgan fingerprint density at radius 1 is 0.914 bits per heavy atom. The third-order valence-electron chi connectivity index (χ3n) is 5.52. The number of hydrogen-bond acceptors (Lipinski definition) is 6. The number of anilines is 1. The molecule has 0 saturated heterocycles. The first-order valence-corrected chi connectivity index (χ1v) is 12.4. The quantitative estimate of drug-likeness (QED) is 0.452. The van der Waals surface area contributed by atoms with Gasteiger partial charge in [-0.15, -0.1) is 0 Å². The maximum Gasteiger partial charge on any atom is 0.264 e. The summed E-state index contributed by atoms with van der Waals surface area (Å²) in [5, 5.41) is 2.87. The number of nitrogens with one attached hydrogen (secondary N) is 1. The molecule has 35 heavy (non-hydrogen) atoms. The molecule has 1 amide bonds. The van der Waals surface area contributed by atoms with Crippen LogP contribution in [0.5, 0.6) is 17.2 Å². The Bertz CT molecular complexity index is 1280. The normalized spacial score (nSPS) is 11.9. The molecule has 0 aliphatic heterocycles. The van der Waals surface area contributed by atoms with E-state index in [0.717, 1.165) is 15.4 Å². The van der Waals surface area contributed by atoms with Crippen molar-refractivity contribution in [1.82, 2.24) is 5.32 Å². The molecule has 0 aliphatic carbocycles. The van der Waals surface area contributed by atoms with E-state index < -0.39 is 28.5 Å². The van der Waals surface area contributed by atoms with Gasteiger partial charge >= 0.3 is 0 Å². The first kappa shape index (κ1) is 25.9. The van der Waals surface area contributed by atoms with E-state index in [0.29, 0.717) is 22.9 Å². The van der Waals surface area contributed by atoms with Gasteiger partial charge in [0.25, 0.3) is 10.0 Å². The van der Waals surface area contributed by atoms with Crippen molar-refractivity contribution in [1.29, 1.82) is 0 Å². The van der Waals surface area contributed by atoms with Crippen molar-refractivity contribution in [3.8, 4) is 17.2 Å². The SMILES string of the molecule is COc1cccc(N(CC(=O)N[C@@H](C)c2ccc(OC)c(OC)c2)S(=O)(=O)c2ccc(C)cc2)c1. The molecule has 0 heterocycles. The number of aryl methyl sites for hydroxylation is 1. The van der Waals surface area contributed by atoms with Gasteiger partial charge in [0.1, 0.15) is 12.3 Å². The molecule has 0 fully saturated rings. The molecule has 8 nitrogen and oxygen atoms in total. The van der Waals surface area contributed by atoms with Gasteiger partial charge in [-0.3, -0.25) is 9.10 Å². The molecule has 0 radical (unpaired) electrons. The van der Waals surface area contributed by atoms with Crippen LogP contribution in [-0.4, -0.2) is 42.2 Å². The second-order valence-corrected chi connectivity index (χ2v) is 9.79. The monoisotopic (exact) mass is 498 g/mol. The fourth-order valence-electron chi connectivity index (χ4n) is 3.54. The maximum absolute atomic E-state index is 13.6. The summed E-state index contributed by atoms with van der Waals surface area (Å²) in [5.41, 5.74) is 2.03. The molecule has 3 rings (SSSR count). The molecule has 0 saturated carbocycles. The summed E-state index contributed by atoms with van der Waals surface area (Å²) in [4.78, 5) is 13.2. The van der Waals surface area contributed by atoms with E-state index in [9.17, 15) is 13.2 Å². The van der Waals surface area contributed by atoms with Gasteiger partial charge in [0, 0.05) is 6.07 Å². The molecule has 1 atom stereocenters. The summed E-state index contributed by atoms with van der Waals surface area (Å²) in [6, 6.07) is 18.0. The third kappa shape index (κ3) is 6.05. The number of carbonyl (C=O) groups is 1. The third-order valence-corrected chi connectivity index (χ3v) is 7.31. The van der Waals surface area contributed by atoms with Crippen molar-refractivity contribution in [3.63, 3.8) is 0 Å². The van der Waals surface area contributed by atoms with Gasteiger partial charge in [-0.25, -0.2) is 8.42 Å². The Labute approximate surface area is 206 Å². The molecule has 186 valence electrons. The predicted octanol–water partition coefficient (Wildman–Crippen LogP) is 4.09. The molecule has 9 heteroatoms. The highest BCUT2D eigenvalue weighted by atomic mass is 32.2. The average Bonchev–Trinajstić information content (AvgIpc) is 2.86. The van der Waals surface area contributed by atoms with Gasteiger partial charge < -0.3 is 19.5 Å². The second kappa shape index (κ2) is 11.1. The summed E-state index contributed by atoms with van der Waals surface area (Å²) in [7, 11) is 0.545. The Hall–Kier alpha value is -3.72. The second-order valence-electron chi connectivity index (χ2n) is 7.93. The highest BCUT2D eigenvalue weighted by molar-refractivity contribution is 7.92. The number of hydrogen-bond donors (Lipinski definition) is 1. The number of carbonyl (C=O) groups excluding carboxylic acids is 1. The molecule has 0 aromatic heterocycles. The van der Waals surface area contributed by atoms with Gasteiger partial charge in [0.05, 0.1) is 38.0 Å². The lowest BCUT2D eigenvalue weighted by Crippen LogP contribution is -2.41. The predicted molar refractivity (Wildman–Crippen MR) is 135 cm³/mol.